The molecular formula is C12H13NO. The molecular weight excluding hydrogens is 174 g/mol. The third kappa shape index (κ3) is 1.37. The van der Waals surface area contributed by atoms with Gasteiger partial charge in [0.1, 0.15) is 5.75 Å². The first-order chi connectivity index (χ1) is 6.93. The number of hydrogen-bond acceptors (Lipinski definition) is 1. The second-order valence-electron chi connectivity index (χ2n) is 3.95. The monoisotopic (exact) mass is 187 g/mol. The van der Waals surface area contributed by atoms with Crippen LogP contribution in [0.3, 0.4) is 0 Å². The van der Waals surface area contributed by atoms with E-state index in [2.05, 4.69) is 17.1 Å². The molecule has 0 radical (unpaired) electrons. The average molecular weight is 187 g/mol. The molecule has 0 aliphatic heterocycles. The number of ether oxygens (including phenoxy) is 1. The number of rotatable bonds is 3. The number of nitrogens with one attached hydrogen (secondary N) is 1. The molecule has 1 fully saturated rings. The maximum atomic E-state index is 5.78. The standard InChI is InChI=1S/C12H13NO/c1-2-11-10(6-7-13-11)12(3-1)14-8-9-4-5-9/h1-3,6-7,9,13H,4-5,8H2. The van der Waals surface area contributed by atoms with Gasteiger partial charge in [0.2, 0.25) is 0 Å². The van der Waals surface area contributed by atoms with Crippen LogP contribution in [0.4, 0.5) is 0 Å². The minimum Gasteiger partial charge on any atom is -0.493 e. The van der Waals surface area contributed by atoms with Crippen LogP contribution in [0.2, 0.25) is 0 Å². The second-order valence-corrected chi connectivity index (χ2v) is 3.95. The van der Waals surface area contributed by atoms with Crippen molar-refractivity contribution in [2.75, 3.05) is 6.61 Å². The summed E-state index contributed by atoms with van der Waals surface area (Å²) in [6, 6.07) is 8.20. The Kier molecular flexibility index (Phi) is 1.72. The van der Waals surface area contributed by atoms with Crippen molar-refractivity contribution in [3.05, 3.63) is 30.5 Å². The Balaban J connectivity index is 1.89. The van der Waals surface area contributed by atoms with E-state index in [1.54, 1.807) is 0 Å². The highest BCUT2D eigenvalue weighted by atomic mass is 16.5. The molecule has 1 heterocycles. The van der Waals surface area contributed by atoms with E-state index in [0.29, 0.717) is 0 Å². The number of aromatic amines is 1. The van der Waals surface area contributed by atoms with Gasteiger partial charge in [-0.05, 0) is 37.0 Å². The zero-order chi connectivity index (χ0) is 9.38. The SMILES string of the molecule is c1cc(OCC2CC2)c2cc[nH]c2c1. The fourth-order valence-corrected chi connectivity index (χ4v) is 1.67. The van der Waals surface area contributed by atoms with E-state index in [0.717, 1.165) is 23.8 Å². The number of aromatic nitrogens is 1. The van der Waals surface area contributed by atoms with Crippen LogP contribution in [0.5, 0.6) is 5.75 Å². The van der Waals surface area contributed by atoms with Gasteiger partial charge in [-0.15, -0.1) is 0 Å². The van der Waals surface area contributed by atoms with Gasteiger partial charge in [0, 0.05) is 17.1 Å². The quantitative estimate of drug-likeness (QED) is 0.785. The van der Waals surface area contributed by atoms with Gasteiger partial charge in [-0.3, -0.25) is 0 Å². The molecule has 1 aliphatic rings. The highest BCUT2D eigenvalue weighted by molar-refractivity contribution is 5.85. The summed E-state index contributed by atoms with van der Waals surface area (Å²) in [5.41, 5.74) is 1.15. The van der Waals surface area contributed by atoms with E-state index < -0.39 is 0 Å². The summed E-state index contributed by atoms with van der Waals surface area (Å²) in [5.74, 6) is 1.82. The largest absolute Gasteiger partial charge is 0.493 e. The molecule has 1 aliphatic carbocycles. The molecule has 1 aromatic heterocycles. The van der Waals surface area contributed by atoms with Crippen molar-refractivity contribution in [1.29, 1.82) is 0 Å². The third-order valence-electron chi connectivity index (χ3n) is 2.73. The minimum atomic E-state index is 0.809. The van der Waals surface area contributed by atoms with E-state index in [4.69, 9.17) is 4.74 Å². The maximum absolute atomic E-state index is 5.78. The smallest absolute Gasteiger partial charge is 0.128 e. The molecule has 0 atom stereocenters. The molecule has 0 amide bonds. The van der Waals surface area contributed by atoms with Gasteiger partial charge in [0.15, 0.2) is 0 Å². The van der Waals surface area contributed by atoms with E-state index in [9.17, 15) is 0 Å². The fourth-order valence-electron chi connectivity index (χ4n) is 1.67. The number of hydrogen-bond donors (Lipinski definition) is 1. The molecule has 14 heavy (non-hydrogen) atoms. The van der Waals surface area contributed by atoms with E-state index >= 15 is 0 Å². The molecule has 2 nitrogen and oxygen atoms in total. The van der Waals surface area contributed by atoms with Crippen LogP contribution >= 0.6 is 0 Å². The highest BCUT2D eigenvalue weighted by Crippen LogP contribution is 2.31. The zero-order valence-electron chi connectivity index (χ0n) is 7.99. The Labute approximate surface area is 82.9 Å². The summed E-state index contributed by atoms with van der Waals surface area (Å²) < 4.78 is 5.78. The van der Waals surface area contributed by atoms with Crippen LogP contribution in [0.1, 0.15) is 12.8 Å². The summed E-state index contributed by atoms with van der Waals surface area (Å²) in [6.07, 6.45) is 4.63. The first-order valence-corrected chi connectivity index (χ1v) is 5.12. The van der Waals surface area contributed by atoms with Gasteiger partial charge >= 0.3 is 0 Å². The van der Waals surface area contributed by atoms with Crippen LogP contribution in [0.25, 0.3) is 10.9 Å². The topological polar surface area (TPSA) is 25.0 Å². The summed E-state index contributed by atoms with van der Waals surface area (Å²) >= 11 is 0. The van der Waals surface area contributed by atoms with Crippen molar-refractivity contribution in [3.63, 3.8) is 0 Å². The van der Waals surface area contributed by atoms with E-state index in [-0.39, 0.29) is 0 Å². The number of benzene rings is 1. The summed E-state index contributed by atoms with van der Waals surface area (Å²) in [7, 11) is 0. The lowest BCUT2D eigenvalue weighted by Gasteiger charge is -2.05. The normalized spacial score (nSPS) is 16.0. The molecule has 2 aromatic rings. The predicted octanol–water partition coefficient (Wildman–Crippen LogP) is 2.96. The van der Waals surface area contributed by atoms with Crippen molar-refractivity contribution >= 4 is 10.9 Å². The molecule has 1 aromatic carbocycles. The molecule has 72 valence electrons. The fraction of sp³-hybridized carbons (Fsp3) is 0.333. The van der Waals surface area contributed by atoms with Crippen LogP contribution in [0, 0.1) is 5.92 Å². The first-order valence-electron chi connectivity index (χ1n) is 5.12. The lowest BCUT2D eigenvalue weighted by atomic mass is 10.2. The summed E-state index contributed by atoms with van der Waals surface area (Å²) in [6.45, 7) is 0.879. The Bertz CT molecular complexity index is 442. The summed E-state index contributed by atoms with van der Waals surface area (Å²) in [5, 5.41) is 1.19. The van der Waals surface area contributed by atoms with E-state index in [1.807, 2.05) is 18.3 Å². The Morgan fingerprint density at radius 2 is 2.21 bits per heavy atom. The van der Waals surface area contributed by atoms with Crippen molar-refractivity contribution in [2.45, 2.75) is 12.8 Å². The number of fused-ring (bicyclic) bond motifs is 1. The van der Waals surface area contributed by atoms with Crippen molar-refractivity contribution in [1.82, 2.24) is 4.98 Å². The summed E-state index contributed by atoms with van der Waals surface area (Å²) in [4.78, 5) is 3.18. The Morgan fingerprint density at radius 1 is 1.29 bits per heavy atom. The van der Waals surface area contributed by atoms with Gasteiger partial charge in [-0.1, -0.05) is 6.07 Å². The van der Waals surface area contributed by atoms with Crippen molar-refractivity contribution in [2.24, 2.45) is 5.92 Å². The van der Waals surface area contributed by atoms with Gasteiger partial charge in [-0.2, -0.15) is 0 Å². The molecule has 1 saturated carbocycles. The molecule has 0 unspecified atom stereocenters. The lowest BCUT2D eigenvalue weighted by Crippen LogP contribution is -1.98. The van der Waals surface area contributed by atoms with Crippen LogP contribution in [0.15, 0.2) is 30.5 Å². The predicted molar refractivity (Wildman–Crippen MR) is 56.5 cm³/mol. The zero-order valence-corrected chi connectivity index (χ0v) is 7.99. The van der Waals surface area contributed by atoms with Gasteiger partial charge in [0.25, 0.3) is 0 Å². The van der Waals surface area contributed by atoms with Gasteiger partial charge in [0.05, 0.1) is 6.61 Å². The molecule has 0 bridgehead atoms. The Morgan fingerprint density at radius 3 is 3.07 bits per heavy atom. The Hall–Kier alpha value is -1.44. The van der Waals surface area contributed by atoms with Crippen molar-refractivity contribution in [3.8, 4) is 5.75 Å². The highest BCUT2D eigenvalue weighted by Gasteiger charge is 2.22. The molecule has 2 heteroatoms. The van der Waals surface area contributed by atoms with Gasteiger partial charge in [-0.25, -0.2) is 0 Å². The molecule has 0 spiro atoms. The van der Waals surface area contributed by atoms with E-state index in [1.165, 1.54) is 18.2 Å². The van der Waals surface area contributed by atoms with Crippen molar-refractivity contribution < 1.29 is 4.74 Å². The molecule has 1 N–H and O–H groups in total. The van der Waals surface area contributed by atoms with Crippen LogP contribution in [-0.2, 0) is 0 Å². The average Bonchev–Trinajstić information content (AvgIpc) is 2.91. The van der Waals surface area contributed by atoms with Crippen LogP contribution in [-0.4, -0.2) is 11.6 Å². The molecule has 0 saturated heterocycles. The minimum absolute atomic E-state index is 0.809. The second kappa shape index (κ2) is 3.05. The third-order valence-corrected chi connectivity index (χ3v) is 2.73. The lowest BCUT2D eigenvalue weighted by molar-refractivity contribution is 0.303. The van der Waals surface area contributed by atoms with Gasteiger partial charge < -0.3 is 9.72 Å². The van der Waals surface area contributed by atoms with Crippen LogP contribution < -0.4 is 4.74 Å². The molecule has 3 rings (SSSR count). The number of H-pyrrole nitrogens is 1. The first kappa shape index (κ1) is 7.92. The maximum Gasteiger partial charge on any atom is 0.128 e.